The maximum Gasteiger partial charge on any atom is 0.0722 e. The van der Waals surface area contributed by atoms with E-state index in [-0.39, 0.29) is 12.7 Å². The van der Waals surface area contributed by atoms with Crippen LogP contribution in [0.15, 0.2) is 30.5 Å². The molecule has 1 unspecified atom stereocenters. The van der Waals surface area contributed by atoms with E-state index in [4.69, 9.17) is 9.84 Å². The zero-order valence-electron chi connectivity index (χ0n) is 9.68. The summed E-state index contributed by atoms with van der Waals surface area (Å²) in [5, 5.41) is 10.3. The van der Waals surface area contributed by atoms with Gasteiger partial charge < -0.3 is 14.4 Å². The molecule has 2 rings (SSSR count). The SMILES string of the molecule is COC(C)Cn1ccc2ccc(CO)cc21. The summed E-state index contributed by atoms with van der Waals surface area (Å²) in [6, 6.07) is 8.10. The van der Waals surface area contributed by atoms with Crippen LogP contribution in [0.5, 0.6) is 0 Å². The van der Waals surface area contributed by atoms with Crippen LogP contribution in [0, 0.1) is 0 Å². The van der Waals surface area contributed by atoms with Crippen LogP contribution in [-0.4, -0.2) is 22.9 Å². The summed E-state index contributed by atoms with van der Waals surface area (Å²) in [6.07, 6.45) is 2.25. The highest BCUT2D eigenvalue weighted by Gasteiger charge is 2.05. The Hall–Kier alpha value is -1.32. The molecule has 1 aromatic carbocycles. The van der Waals surface area contributed by atoms with Gasteiger partial charge in [0.05, 0.1) is 12.7 Å². The first kappa shape index (κ1) is 11.2. The van der Waals surface area contributed by atoms with Gasteiger partial charge in [-0.25, -0.2) is 0 Å². The first-order valence-corrected chi connectivity index (χ1v) is 5.46. The number of fused-ring (bicyclic) bond motifs is 1. The molecular weight excluding hydrogens is 202 g/mol. The Morgan fingerprint density at radius 3 is 2.88 bits per heavy atom. The third-order valence-electron chi connectivity index (χ3n) is 2.88. The lowest BCUT2D eigenvalue weighted by Gasteiger charge is -2.12. The van der Waals surface area contributed by atoms with E-state index in [0.717, 1.165) is 17.6 Å². The summed E-state index contributed by atoms with van der Waals surface area (Å²) in [4.78, 5) is 0. The number of aliphatic hydroxyl groups is 1. The molecule has 0 aliphatic rings. The molecule has 3 nitrogen and oxygen atoms in total. The minimum absolute atomic E-state index is 0.0843. The molecule has 86 valence electrons. The van der Waals surface area contributed by atoms with E-state index >= 15 is 0 Å². The molecule has 1 atom stereocenters. The molecule has 2 aromatic rings. The number of benzene rings is 1. The Balaban J connectivity index is 2.38. The highest BCUT2D eigenvalue weighted by atomic mass is 16.5. The monoisotopic (exact) mass is 219 g/mol. The Labute approximate surface area is 95.3 Å². The van der Waals surface area contributed by atoms with Crippen molar-refractivity contribution in [3.63, 3.8) is 0 Å². The second kappa shape index (κ2) is 4.68. The highest BCUT2D eigenvalue weighted by Crippen LogP contribution is 2.18. The third-order valence-corrected chi connectivity index (χ3v) is 2.88. The lowest BCUT2D eigenvalue weighted by Crippen LogP contribution is -2.13. The summed E-state index contributed by atoms with van der Waals surface area (Å²) in [7, 11) is 1.72. The maximum absolute atomic E-state index is 9.12. The van der Waals surface area contributed by atoms with Crippen LogP contribution in [0.25, 0.3) is 10.9 Å². The predicted octanol–water partition coefficient (Wildman–Crippen LogP) is 2.17. The molecule has 0 aliphatic heterocycles. The van der Waals surface area contributed by atoms with Gasteiger partial charge in [-0.3, -0.25) is 0 Å². The zero-order chi connectivity index (χ0) is 11.5. The minimum atomic E-state index is 0.0843. The standard InChI is InChI=1S/C13H17NO2/c1-10(16-2)8-14-6-5-12-4-3-11(9-15)7-13(12)14/h3-7,10,15H,8-9H2,1-2H3. The molecule has 0 saturated heterocycles. The van der Waals surface area contributed by atoms with Gasteiger partial charge in [0.25, 0.3) is 0 Å². The molecule has 0 saturated carbocycles. The van der Waals surface area contributed by atoms with Crippen LogP contribution in [0.4, 0.5) is 0 Å². The van der Waals surface area contributed by atoms with Gasteiger partial charge >= 0.3 is 0 Å². The lowest BCUT2D eigenvalue weighted by molar-refractivity contribution is 0.104. The summed E-state index contributed by atoms with van der Waals surface area (Å²) in [6.45, 7) is 2.96. The molecule has 16 heavy (non-hydrogen) atoms. The van der Waals surface area contributed by atoms with Crippen molar-refractivity contribution in [3.05, 3.63) is 36.0 Å². The van der Waals surface area contributed by atoms with Gasteiger partial charge in [-0.1, -0.05) is 12.1 Å². The molecule has 0 amide bonds. The van der Waals surface area contributed by atoms with Crippen molar-refractivity contribution in [2.45, 2.75) is 26.2 Å². The van der Waals surface area contributed by atoms with E-state index in [1.165, 1.54) is 5.39 Å². The van der Waals surface area contributed by atoms with Crippen molar-refractivity contribution in [2.75, 3.05) is 7.11 Å². The number of rotatable bonds is 4. The van der Waals surface area contributed by atoms with Gasteiger partial charge in [0.1, 0.15) is 0 Å². The fraction of sp³-hybridized carbons (Fsp3) is 0.385. The number of aromatic nitrogens is 1. The second-order valence-corrected chi connectivity index (χ2v) is 4.07. The van der Waals surface area contributed by atoms with Crippen LogP contribution >= 0.6 is 0 Å². The van der Waals surface area contributed by atoms with Crippen molar-refractivity contribution < 1.29 is 9.84 Å². The molecule has 1 heterocycles. The molecule has 3 heteroatoms. The summed E-state index contributed by atoms with van der Waals surface area (Å²) < 4.78 is 7.41. The maximum atomic E-state index is 9.12. The number of aliphatic hydroxyl groups excluding tert-OH is 1. The van der Waals surface area contributed by atoms with E-state index in [2.05, 4.69) is 16.8 Å². The average molecular weight is 219 g/mol. The number of hydrogen-bond donors (Lipinski definition) is 1. The van der Waals surface area contributed by atoms with Crippen molar-refractivity contribution in [3.8, 4) is 0 Å². The molecule has 0 bridgehead atoms. The first-order chi connectivity index (χ1) is 7.74. The quantitative estimate of drug-likeness (QED) is 0.855. The van der Waals surface area contributed by atoms with E-state index < -0.39 is 0 Å². The smallest absolute Gasteiger partial charge is 0.0722 e. The Kier molecular flexibility index (Phi) is 3.27. The Bertz CT molecular complexity index is 476. The van der Waals surface area contributed by atoms with Crippen LogP contribution in [-0.2, 0) is 17.9 Å². The third kappa shape index (κ3) is 2.10. The van der Waals surface area contributed by atoms with E-state index in [1.54, 1.807) is 7.11 Å². The molecular formula is C13H17NO2. The van der Waals surface area contributed by atoms with Crippen LogP contribution < -0.4 is 0 Å². The first-order valence-electron chi connectivity index (χ1n) is 5.46. The van der Waals surface area contributed by atoms with Crippen molar-refractivity contribution in [2.24, 2.45) is 0 Å². The molecule has 0 fully saturated rings. The lowest BCUT2D eigenvalue weighted by atomic mass is 10.2. The van der Waals surface area contributed by atoms with Gasteiger partial charge in [-0.15, -0.1) is 0 Å². The Morgan fingerprint density at radius 2 is 2.19 bits per heavy atom. The van der Waals surface area contributed by atoms with E-state index in [1.807, 2.05) is 25.1 Å². The number of ether oxygens (including phenoxy) is 1. The van der Waals surface area contributed by atoms with Gasteiger partial charge in [0.2, 0.25) is 0 Å². The van der Waals surface area contributed by atoms with Crippen LogP contribution in [0.2, 0.25) is 0 Å². The van der Waals surface area contributed by atoms with Crippen molar-refractivity contribution in [1.82, 2.24) is 4.57 Å². The van der Waals surface area contributed by atoms with Crippen molar-refractivity contribution in [1.29, 1.82) is 0 Å². The Morgan fingerprint density at radius 1 is 1.38 bits per heavy atom. The van der Waals surface area contributed by atoms with E-state index in [9.17, 15) is 0 Å². The van der Waals surface area contributed by atoms with Crippen molar-refractivity contribution >= 4 is 10.9 Å². The number of nitrogens with zero attached hydrogens (tertiary/aromatic N) is 1. The van der Waals surface area contributed by atoms with E-state index in [0.29, 0.717) is 0 Å². The van der Waals surface area contributed by atoms with Gasteiger partial charge in [-0.05, 0) is 30.0 Å². The van der Waals surface area contributed by atoms with Crippen LogP contribution in [0.3, 0.4) is 0 Å². The molecule has 1 aromatic heterocycles. The average Bonchev–Trinajstić information content (AvgIpc) is 2.71. The topological polar surface area (TPSA) is 34.4 Å². The van der Waals surface area contributed by atoms with Gasteiger partial charge in [-0.2, -0.15) is 0 Å². The highest BCUT2D eigenvalue weighted by molar-refractivity contribution is 5.80. The molecule has 1 N–H and O–H groups in total. The summed E-state index contributed by atoms with van der Waals surface area (Å²) in [5.41, 5.74) is 2.09. The molecule has 0 aliphatic carbocycles. The molecule has 0 spiro atoms. The molecule has 0 radical (unpaired) electrons. The number of hydrogen-bond acceptors (Lipinski definition) is 2. The zero-order valence-corrected chi connectivity index (χ0v) is 9.68. The fourth-order valence-corrected chi connectivity index (χ4v) is 1.84. The van der Waals surface area contributed by atoms with Gasteiger partial charge in [0, 0.05) is 25.4 Å². The van der Waals surface area contributed by atoms with Crippen LogP contribution in [0.1, 0.15) is 12.5 Å². The summed E-state index contributed by atoms with van der Waals surface area (Å²) in [5.74, 6) is 0. The minimum Gasteiger partial charge on any atom is -0.392 e. The van der Waals surface area contributed by atoms with Gasteiger partial charge in [0.15, 0.2) is 0 Å². The largest absolute Gasteiger partial charge is 0.392 e. The number of methoxy groups -OCH3 is 1. The predicted molar refractivity (Wildman–Crippen MR) is 64.3 cm³/mol. The summed E-state index contributed by atoms with van der Waals surface area (Å²) >= 11 is 0. The normalized spacial score (nSPS) is 13.2. The fourth-order valence-electron chi connectivity index (χ4n) is 1.84. The second-order valence-electron chi connectivity index (χ2n) is 4.07.